The molecule has 1 fully saturated rings. The standard InChI is InChI=1S/C23H28N2O3/c1-14-10-12-17(13-11-14)21-19(23(27)28-4)15(2)24-22(20(21)16(3)26)25-18-8-6-5-7-9-18/h10-13,18H,5-9H2,1-4H3,(H,24,25). The minimum atomic E-state index is -0.479. The van der Waals surface area contributed by atoms with Gasteiger partial charge in [0, 0.05) is 11.6 Å². The van der Waals surface area contributed by atoms with Crippen molar-refractivity contribution >= 4 is 17.6 Å². The normalized spacial score (nSPS) is 14.6. The number of hydrogen-bond acceptors (Lipinski definition) is 5. The molecule has 2 aromatic rings. The van der Waals surface area contributed by atoms with Gasteiger partial charge in [0.05, 0.1) is 23.9 Å². The summed E-state index contributed by atoms with van der Waals surface area (Å²) < 4.78 is 5.02. The van der Waals surface area contributed by atoms with Crippen LogP contribution in [0.2, 0.25) is 0 Å². The Morgan fingerprint density at radius 2 is 1.68 bits per heavy atom. The van der Waals surface area contributed by atoms with Crippen LogP contribution in [0.25, 0.3) is 11.1 Å². The van der Waals surface area contributed by atoms with E-state index in [1.54, 1.807) is 6.92 Å². The van der Waals surface area contributed by atoms with Gasteiger partial charge in [0.25, 0.3) is 0 Å². The fourth-order valence-electron chi connectivity index (χ4n) is 3.95. The first-order chi connectivity index (χ1) is 13.4. The Balaban J connectivity index is 2.23. The SMILES string of the molecule is COC(=O)c1c(C)nc(NC2CCCCC2)c(C(C)=O)c1-c1ccc(C)cc1. The average Bonchev–Trinajstić information content (AvgIpc) is 2.68. The molecular weight excluding hydrogens is 352 g/mol. The molecule has 1 aliphatic carbocycles. The van der Waals surface area contributed by atoms with Crippen molar-refractivity contribution in [2.75, 3.05) is 12.4 Å². The summed E-state index contributed by atoms with van der Waals surface area (Å²) in [6.45, 7) is 5.32. The number of pyridine rings is 1. The Kier molecular flexibility index (Phi) is 6.12. The van der Waals surface area contributed by atoms with E-state index in [1.807, 2.05) is 31.2 Å². The van der Waals surface area contributed by atoms with E-state index in [-0.39, 0.29) is 5.78 Å². The van der Waals surface area contributed by atoms with Crippen LogP contribution in [0.5, 0.6) is 0 Å². The highest BCUT2D eigenvalue weighted by Gasteiger charge is 2.27. The summed E-state index contributed by atoms with van der Waals surface area (Å²) in [6.07, 6.45) is 5.74. The van der Waals surface area contributed by atoms with Gasteiger partial charge in [0.2, 0.25) is 0 Å². The van der Waals surface area contributed by atoms with Gasteiger partial charge in [-0.1, -0.05) is 49.1 Å². The zero-order valence-corrected chi connectivity index (χ0v) is 17.1. The number of anilines is 1. The van der Waals surface area contributed by atoms with Gasteiger partial charge in [-0.25, -0.2) is 9.78 Å². The molecule has 5 nitrogen and oxygen atoms in total. The predicted octanol–water partition coefficient (Wildman–Crippen LogP) is 5.10. The lowest BCUT2D eigenvalue weighted by molar-refractivity contribution is 0.0600. The van der Waals surface area contributed by atoms with E-state index in [4.69, 9.17) is 4.74 Å². The van der Waals surface area contributed by atoms with Crippen LogP contribution in [0, 0.1) is 13.8 Å². The van der Waals surface area contributed by atoms with Crippen molar-refractivity contribution in [3.8, 4) is 11.1 Å². The van der Waals surface area contributed by atoms with E-state index in [9.17, 15) is 9.59 Å². The Morgan fingerprint density at radius 3 is 2.25 bits per heavy atom. The lowest BCUT2D eigenvalue weighted by atomic mass is 9.90. The van der Waals surface area contributed by atoms with Crippen molar-refractivity contribution in [2.45, 2.75) is 58.9 Å². The molecule has 1 N–H and O–H groups in total. The van der Waals surface area contributed by atoms with Crippen LogP contribution in [-0.4, -0.2) is 29.9 Å². The number of benzene rings is 1. The molecule has 0 aliphatic heterocycles. The molecule has 148 valence electrons. The van der Waals surface area contributed by atoms with Gasteiger partial charge in [-0.05, 0) is 39.2 Å². The zero-order valence-electron chi connectivity index (χ0n) is 17.1. The van der Waals surface area contributed by atoms with E-state index in [1.165, 1.54) is 33.3 Å². The number of ether oxygens (including phenoxy) is 1. The summed E-state index contributed by atoms with van der Waals surface area (Å²) in [5, 5.41) is 3.49. The van der Waals surface area contributed by atoms with Crippen molar-refractivity contribution in [2.24, 2.45) is 0 Å². The van der Waals surface area contributed by atoms with Crippen molar-refractivity contribution in [1.29, 1.82) is 0 Å². The summed E-state index contributed by atoms with van der Waals surface area (Å²) in [5.41, 5.74) is 3.90. The van der Waals surface area contributed by atoms with Crippen LogP contribution in [0.1, 0.15) is 71.0 Å². The van der Waals surface area contributed by atoms with Crippen LogP contribution in [0.3, 0.4) is 0 Å². The maximum Gasteiger partial charge on any atom is 0.340 e. The van der Waals surface area contributed by atoms with Crippen molar-refractivity contribution in [1.82, 2.24) is 4.98 Å². The molecule has 1 heterocycles. The quantitative estimate of drug-likeness (QED) is 0.577. The Morgan fingerprint density at radius 1 is 1.04 bits per heavy atom. The largest absolute Gasteiger partial charge is 0.465 e. The molecule has 28 heavy (non-hydrogen) atoms. The van der Waals surface area contributed by atoms with Crippen molar-refractivity contribution in [3.05, 3.63) is 46.6 Å². The van der Waals surface area contributed by atoms with Crippen molar-refractivity contribution in [3.63, 3.8) is 0 Å². The molecule has 0 bridgehead atoms. The van der Waals surface area contributed by atoms with E-state index < -0.39 is 5.97 Å². The third-order valence-corrected chi connectivity index (χ3v) is 5.41. The Bertz CT molecular complexity index is 882. The molecule has 3 rings (SSSR count). The monoisotopic (exact) mass is 380 g/mol. The molecule has 1 aromatic carbocycles. The zero-order chi connectivity index (χ0) is 20.3. The topological polar surface area (TPSA) is 68.3 Å². The molecule has 0 amide bonds. The van der Waals surface area contributed by atoms with E-state index in [2.05, 4.69) is 10.3 Å². The second-order valence-corrected chi connectivity index (χ2v) is 7.56. The van der Waals surface area contributed by atoms with Gasteiger partial charge in [0.15, 0.2) is 5.78 Å². The van der Waals surface area contributed by atoms with Gasteiger partial charge >= 0.3 is 5.97 Å². The summed E-state index contributed by atoms with van der Waals surface area (Å²) in [7, 11) is 1.35. The van der Waals surface area contributed by atoms with Crippen LogP contribution >= 0.6 is 0 Å². The number of methoxy groups -OCH3 is 1. The van der Waals surface area contributed by atoms with Crippen LogP contribution < -0.4 is 5.32 Å². The van der Waals surface area contributed by atoms with E-state index >= 15 is 0 Å². The smallest absolute Gasteiger partial charge is 0.340 e. The van der Waals surface area contributed by atoms with Gasteiger partial charge < -0.3 is 10.1 Å². The lowest BCUT2D eigenvalue weighted by Gasteiger charge is -2.26. The maximum atomic E-state index is 12.7. The number of rotatable bonds is 5. The number of nitrogens with zero attached hydrogens (tertiary/aromatic N) is 1. The number of hydrogen-bond donors (Lipinski definition) is 1. The fraction of sp³-hybridized carbons (Fsp3) is 0.435. The van der Waals surface area contributed by atoms with Gasteiger partial charge in [-0.2, -0.15) is 0 Å². The minimum Gasteiger partial charge on any atom is -0.465 e. The fourth-order valence-corrected chi connectivity index (χ4v) is 3.95. The first kappa shape index (κ1) is 20.1. The van der Waals surface area contributed by atoms with Gasteiger partial charge in [0.1, 0.15) is 5.82 Å². The first-order valence-corrected chi connectivity index (χ1v) is 9.89. The number of Topliss-reactive ketones (excluding diaryl/α,β-unsaturated/α-hetero) is 1. The summed E-state index contributed by atoms with van der Waals surface area (Å²) in [4.78, 5) is 29.9. The molecule has 0 saturated heterocycles. The lowest BCUT2D eigenvalue weighted by Crippen LogP contribution is -2.25. The molecule has 1 aliphatic rings. The number of esters is 1. The molecule has 0 unspecified atom stereocenters. The van der Waals surface area contributed by atoms with Gasteiger partial charge in [-0.3, -0.25) is 4.79 Å². The molecule has 5 heteroatoms. The third-order valence-electron chi connectivity index (χ3n) is 5.41. The summed E-state index contributed by atoms with van der Waals surface area (Å²) >= 11 is 0. The second kappa shape index (κ2) is 8.55. The average molecular weight is 380 g/mol. The van der Waals surface area contributed by atoms with Crippen LogP contribution in [0.4, 0.5) is 5.82 Å². The number of ketones is 1. The first-order valence-electron chi connectivity index (χ1n) is 9.89. The van der Waals surface area contributed by atoms with Crippen molar-refractivity contribution < 1.29 is 14.3 Å². The summed E-state index contributed by atoms with van der Waals surface area (Å²) in [6, 6.07) is 8.13. The molecule has 0 atom stereocenters. The number of aromatic nitrogens is 1. The highest BCUT2D eigenvalue weighted by Crippen LogP contribution is 2.35. The van der Waals surface area contributed by atoms with Crippen LogP contribution in [-0.2, 0) is 4.74 Å². The number of aryl methyl sites for hydroxylation is 2. The van der Waals surface area contributed by atoms with E-state index in [0.717, 1.165) is 24.0 Å². The van der Waals surface area contributed by atoms with Crippen LogP contribution in [0.15, 0.2) is 24.3 Å². The summed E-state index contributed by atoms with van der Waals surface area (Å²) in [5.74, 6) is -0.0287. The van der Waals surface area contributed by atoms with E-state index in [0.29, 0.717) is 34.2 Å². The molecular formula is C23H28N2O3. The number of carbonyl (C=O) groups excluding carboxylic acids is 2. The Labute approximate surface area is 166 Å². The highest BCUT2D eigenvalue weighted by molar-refractivity contribution is 6.11. The van der Waals surface area contributed by atoms with Gasteiger partial charge in [-0.15, -0.1) is 0 Å². The highest BCUT2D eigenvalue weighted by atomic mass is 16.5. The third kappa shape index (κ3) is 4.08. The molecule has 1 saturated carbocycles. The molecule has 0 radical (unpaired) electrons. The molecule has 1 aromatic heterocycles. The molecule has 0 spiro atoms. The predicted molar refractivity (Wildman–Crippen MR) is 111 cm³/mol. The number of carbonyl (C=O) groups is 2. The number of nitrogens with one attached hydrogen (secondary N) is 1. The minimum absolute atomic E-state index is 0.119. The Hall–Kier alpha value is -2.69. The maximum absolute atomic E-state index is 12.7. The second-order valence-electron chi connectivity index (χ2n) is 7.56.